The molecule has 0 bridgehead atoms. The minimum atomic E-state index is -0.106. The lowest BCUT2D eigenvalue weighted by atomic mass is 10.2. The third kappa shape index (κ3) is 2.33. The van der Waals surface area contributed by atoms with Crippen molar-refractivity contribution in [3.63, 3.8) is 0 Å². The van der Waals surface area contributed by atoms with Gasteiger partial charge in [-0.1, -0.05) is 36.4 Å². The molecule has 0 saturated heterocycles. The van der Waals surface area contributed by atoms with Crippen molar-refractivity contribution in [2.24, 2.45) is 0 Å². The number of carbonyl (C=O) groups is 1. The molecule has 4 nitrogen and oxygen atoms in total. The molecular formula is C15H13N3O. The van der Waals surface area contributed by atoms with E-state index in [-0.39, 0.29) is 5.91 Å². The van der Waals surface area contributed by atoms with Gasteiger partial charge in [-0.15, -0.1) is 0 Å². The number of hydrogen-bond donors (Lipinski definition) is 1. The Hall–Kier alpha value is -2.62. The van der Waals surface area contributed by atoms with Gasteiger partial charge in [-0.05, 0) is 17.7 Å². The Morgan fingerprint density at radius 2 is 1.89 bits per heavy atom. The third-order valence-corrected chi connectivity index (χ3v) is 2.97. The molecule has 0 spiro atoms. The van der Waals surface area contributed by atoms with Crippen LogP contribution in [0, 0.1) is 0 Å². The summed E-state index contributed by atoms with van der Waals surface area (Å²) in [5, 5.41) is 7.05. The highest BCUT2D eigenvalue weighted by atomic mass is 16.1. The predicted molar refractivity (Wildman–Crippen MR) is 72.8 cm³/mol. The van der Waals surface area contributed by atoms with Crippen LogP contribution >= 0.6 is 0 Å². The molecule has 1 N–H and O–H groups in total. The minimum Gasteiger partial charge on any atom is -0.348 e. The van der Waals surface area contributed by atoms with E-state index in [0.717, 1.165) is 11.1 Å². The van der Waals surface area contributed by atoms with Crippen molar-refractivity contribution in [1.82, 2.24) is 14.9 Å². The predicted octanol–water partition coefficient (Wildman–Crippen LogP) is 2.26. The Labute approximate surface area is 110 Å². The number of nitrogens with zero attached hydrogens (tertiary/aromatic N) is 2. The van der Waals surface area contributed by atoms with Gasteiger partial charge in [0.05, 0.1) is 17.3 Å². The molecule has 3 rings (SSSR count). The fraction of sp³-hybridized carbons (Fsp3) is 0.0667. The van der Waals surface area contributed by atoms with E-state index < -0.39 is 0 Å². The Balaban J connectivity index is 1.77. The van der Waals surface area contributed by atoms with Crippen molar-refractivity contribution in [2.45, 2.75) is 6.54 Å². The van der Waals surface area contributed by atoms with Crippen LogP contribution in [0.15, 0.2) is 60.9 Å². The largest absolute Gasteiger partial charge is 0.348 e. The zero-order valence-electron chi connectivity index (χ0n) is 10.3. The van der Waals surface area contributed by atoms with Gasteiger partial charge in [0.15, 0.2) is 0 Å². The first-order valence-electron chi connectivity index (χ1n) is 6.09. The van der Waals surface area contributed by atoms with Crippen LogP contribution in [0.1, 0.15) is 15.9 Å². The maximum Gasteiger partial charge on any atom is 0.255 e. The summed E-state index contributed by atoms with van der Waals surface area (Å²) in [6, 6.07) is 15.5. The Bertz CT molecular complexity index is 703. The molecule has 1 aromatic carbocycles. The van der Waals surface area contributed by atoms with Crippen LogP contribution in [0.3, 0.4) is 0 Å². The third-order valence-electron chi connectivity index (χ3n) is 2.97. The molecule has 0 aliphatic carbocycles. The molecule has 2 heterocycles. The molecule has 2 aromatic heterocycles. The van der Waals surface area contributed by atoms with Gasteiger partial charge in [-0.25, -0.2) is 4.52 Å². The van der Waals surface area contributed by atoms with E-state index in [1.54, 1.807) is 10.7 Å². The van der Waals surface area contributed by atoms with Gasteiger partial charge in [0.2, 0.25) is 0 Å². The number of carbonyl (C=O) groups excluding carboxylic acids is 1. The first-order chi connectivity index (χ1) is 9.34. The zero-order valence-corrected chi connectivity index (χ0v) is 10.3. The lowest BCUT2D eigenvalue weighted by Gasteiger charge is -2.04. The summed E-state index contributed by atoms with van der Waals surface area (Å²) in [5.74, 6) is -0.106. The summed E-state index contributed by atoms with van der Waals surface area (Å²) >= 11 is 0. The van der Waals surface area contributed by atoms with Crippen molar-refractivity contribution in [1.29, 1.82) is 0 Å². The molecule has 0 aliphatic heterocycles. The van der Waals surface area contributed by atoms with Crippen LogP contribution in [0.4, 0.5) is 0 Å². The van der Waals surface area contributed by atoms with Gasteiger partial charge in [0.25, 0.3) is 5.91 Å². The van der Waals surface area contributed by atoms with E-state index in [4.69, 9.17) is 0 Å². The molecule has 0 radical (unpaired) electrons. The normalized spacial score (nSPS) is 10.5. The number of pyridine rings is 1. The average molecular weight is 251 g/mol. The number of benzene rings is 1. The van der Waals surface area contributed by atoms with Crippen LogP contribution in [0.25, 0.3) is 5.52 Å². The summed E-state index contributed by atoms with van der Waals surface area (Å²) in [4.78, 5) is 12.1. The number of nitrogens with one attached hydrogen (secondary N) is 1. The molecule has 0 aliphatic rings. The molecule has 0 atom stereocenters. The highest BCUT2D eigenvalue weighted by molar-refractivity contribution is 6.00. The summed E-state index contributed by atoms with van der Waals surface area (Å²) in [5.41, 5.74) is 2.48. The smallest absolute Gasteiger partial charge is 0.255 e. The fourth-order valence-electron chi connectivity index (χ4n) is 1.98. The SMILES string of the molecule is O=C(NCc1ccccc1)c1cnn2ccccc12. The summed E-state index contributed by atoms with van der Waals surface area (Å²) < 4.78 is 1.69. The van der Waals surface area contributed by atoms with E-state index in [1.165, 1.54) is 0 Å². The minimum absolute atomic E-state index is 0.106. The first kappa shape index (κ1) is 11.5. The van der Waals surface area contributed by atoms with Crippen molar-refractivity contribution in [3.05, 3.63) is 72.1 Å². The van der Waals surface area contributed by atoms with Gasteiger partial charge in [-0.2, -0.15) is 5.10 Å². The second-order valence-electron chi connectivity index (χ2n) is 4.26. The lowest BCUT2D eigenvalue weighted by Crippen LogP contribution is -2.22. The zero-order chi connectivity index (χ0) is 13.1. The molecule has 3 aromatic rings. The van der Waals surface area contributed by atoms with Crippen LogP contribution < -0.4 is 5.32 Å². The Morgan fingerprint density at radius 3 is 2.74 bits per heavy atom. The fourth-order valence-corrected chi connectivity index (χ4v) is 1.98. The molecule has 4 heteroatoms. The average Bonchev–Trinajstić information content (AvgIpc) is 2.90. The van der Waals surface area contributed by atoms with Gasteiger partial charge < -0.3 is 5.32 Å². The van der Waals surface area contributed by atoms with E-state index in [0.29, 0.717) is 12.1 Å². The van der Waals surface area contributed by atoms with Gasteiger partial charge >= 0.3 is 0 Å². The van der Waals surface area contributed by atoms with Crippen LogP contribution in [0.2, 0.25) is 0 Å². The van der Waals surface area contributed by atoms with E-state index in [2.05, 4.69) is 10.4 Å². The molecule has 0 saturated carbocycles. The van der Waals surface area contributed by atoms with Gasteiger partial charge in [0, 0.05) is 12.7 Å². The first-order valence-corrected chi connectivity index (χ1v) is 6.09. The van der Waals surface area contributed by atoms with Crippen LogP contribution in [0.5, 0.6) is 0 Å². The summed E-state index contributed by atoms with van der Waals surface area (Å²) in [6.07, 6.45) is 3.42. The van der Waals surface area contributed by atoms with Crippen molar-refractivity contribution >= 4 is 11.4 Å². The van der Waals surface area contributed by atoms with Crippen molar-refractivity contribution in [3.8, 4) is 0 Å². The van der Waals surface area contributed by atoms with E-state index >= 15 is 0 Å². The second-order valence-corrected chi connectivity index (χ2v) is 4.26. The maximum atomic E-state index is 12.1. The highest BCUT2D eigenvalue weighted by Crippen LogP contribution is 2.10. The number of aromatic nitrogens is 2. The van der Waals surface area contributed by atoms with Crippen molar-refractivity contribution < 1.29 is 4.79 Å². The van der Waals surface area contributed by atoms with Crippen LogP contribution in [-0.4, -0.2) is 15.5 Å². The number of fused-ring (bicyclic) bond motifs is 1. The molecule has 0 unspecified atom stereocenters. The number of amides is 1. The lowest BCUT2D eigenvalue weighted by molar-refractivity contribution is 0.0952. The Kier molecular flexibility index (Phi) is 2.98. The standard InChI is InChI=1S/C15H13N3O/c19-15(16-10-12-6-2-1-3-7-12)13-11-17-18-9-5-4-8-14(13)18/h1-9,11H,10H2,(H,16,19). The molecule has 94 valence electrons. The molecule has 1 amide bonds. The van der Waals surface area contributed by atoms with Gasteiger partial charge in [-0.3, -0.25) is 4.79 Å². The quantitative estimate of drug-likeness (QED) is 0.776. The Morgan fingerprint density at radius 1 is 1.11 bits per heavy atom. The second kappa shape index (κ2) is 4.94. The molecular weight excluding hydrogens is 238 g/mol. The maximum absolute atomic E-state index is 12.1. The van der Waals surface area contributed by atoms with Crippen molar-refractivity contribution in [2.75, 3.05) is 0 Å². The van der Waals surface area contributed by atoms with E-state index in [9.17, 15) is 4.79 Å². The van der Waals surface area contributed by atoms with Crippen LogP contribution in [-0.2, 0) is 6.54 Å². The highest BCUT2D eigenvalue weighted by Gasteiger charge is 2.11. The summed E-state index contributed by atoms with van der Waals surface area (Å²) in [7, 11) is 0. The van der Waals surface area contributed by atoms with Gasteiger partial charge in [0.1, 0.15) is 0 Å². The summed E-state index contributed by atoms with van der Waals surface area (Å²) in [6.45, 7) is 0.518. The molecule has 0 fully saturated rings. The number of rotatable bonds is 3. The monoisotopic (exact) mass is 251 g/mol. The molecule has 19 heavy (non-hydrogen) atoms. The van der Waals surface area contributed by atoms with E-state index in [1.807, 2.05) is 54.7 Å². The topological polar surface area (TPSA) is 46.4 Å². The number of hydrogen-bond acceptors (Lipinski definition) is 2.